The Bertz CT molecular complexity index is 366. The van der Waals surface area contributed by atoms with Gasteiger partial charge >= 0.3 is 0 Å². The number of Topliss-reactive ketones (excluding diaryl/α,β-unsaturated/α-hetero) is 1. The second-order valence-electron chi connectivity index (χ2n) is 3.96. The molecule has 0 radical (unpaired) electrons. The van der Waals surface area contributed by atoms with Gasteiger partial charge in [-0.1, -0.05) is 0 Å². The van der Waals surface area contributed by atoms with E-state index in [0.29, 0.717) is 6.61 Å². The Morgan fingerprint density at radius 2 is 2.40 bits per heavy atom. The third-order valence-electron chi connectivity index (χ3n) is 2.67. The van der Waals surface area contributed by atoms with Crippen LogP contribution in [0.3, 0.4) is 0 Å². The van der Waals surface area contributed by atoms with Crippen molar-refractivity contribution in [3.8, 4) is 0 Å². The molecule has 0 N–H and O–H groups in total. The zero-order chi connectivity index (χ0) is 11.0. The van der Waals surface area contributed by atoms with Gasteiger partial charge in [-0.05, 0) is 42.3 Å². The number of ketones is 1. The molecule has 1 saturated heterocycles. The second-order valence-corrected chi connectivity index (χ2v) is 6.07. The van der Waals surface area contributed by atoms with Crippen LogP contribution < -0.4 is 0 Å². The van der Waals surface area contributed by atoms with E-state index in [9.17, 15) is 4.79 Å². The van der Waals surface area contributed by atoms with Crippen molar-refractivity contribution in [2.24, 2.45) is 5.92 Å². The maximum Gasteiger partial charge on any atom is 0.178 e. The second kappa shape index (κ2) is 4.36. The lowest BCUT2D eigenvalue weighted by Crippen LogP contribution is -2.13. The van der Waals surface area contributed by atoms with Crippen molar-refractivity contribution in [1.82, 2.24) is 0 Å². The fourth-order valence-corrected chi connectivity index (χ4v) is 3.34. The highest BCUT2D eigenvalue weighted by molar-refractivity contribution is 9.10. The number of hydrogen-bond donors (Lipinski definition) is 0. The molecule has 2 unspecified atom stereocenters. The Morgan fingerprint density at radius 3 is 2.87 bits per heavy atom. The third kappa shape index (κ3) is 2.32. The highest BCUT2D eigenvalue weighted by Crippen LogP contribution is 2.31. The molecule has 1 aromatic rings. The van der Waals surface area contributed by atoms with Gasteiger partial charge in [0.2, 0.25) is 0 Å². The first kappa shape index (κ1) is 11.3. The van der Waals surface area contributed by atoms with E-state index in [1.807, 2.05) is 19.9 Å². The molecule has 1 aromatic heterocycles. The van der Waals surface area contributed by atoms with Crippen LogP contribution in [0.1, 0.15) is 27.9 Å². The molecular formula is C11H13BrO2S. The maximum atomic E-state index is 12.1. The number of hydrogen-bond acceptors (Lipinski definition) is 3. The molecule has 82 valence electrons. The van der Waals surface area contributed by atoms with E-state index in [4.69, 9.17) is 4.74 Å². The summed E-state index contributed by atoms with van der Waals surface area (Å²) in [6.07, 6.45) is 1.08. The average molecular weight is 289 g/mol. The van der Waals surface area contributed by atoms with Crippen LogP contribution in [0.2, 0.25) is 0 Å². The molecule has 4 heteroatoms. The van der Waals surface area contributed by atoms with Gasteiger partial charge in [-0.15, -0.1) is 11.3 Å². The number of carbonyl (C=O) groups is 1. The summed E-state index contributed by atoms with van der Waals surface area (Å²) < 4.78 is 6.45. The summed E-state index contributed by atoms with van der Waals surface area (Å²) in [5.41, 5.74) is 0. The Hall–Kier alpha value is -0.190. The monoisotopic (exact) mass is 288 g/mol. The molecule has 2 heterocycles. The Morgan fingerprint density at radius 1 is 1.67 bits per heavy atom. The van der Waals surface area contributed by atoms with Crippen LogP contribution in [-0.4, -0.2) is 18.5 Å². The van der Waals surface area contributed by atoms with Crippen LogP contribution in [0.15, 0.2) is 10.5 Å². The lowest BCUT2D eigenvalue weighted by Gasteiger charge is -2.03. The zero-order valence-electron chi connectivity index (χ0n) is 8.75. The van der Waals surface area contributed by atoms with Gasteiger partial charge in [-0.2, -0.15) is 0 Å². The summed E-state index contributed by atoms with van der Waals surface area (Å²) in [5.74, 6) is 0.295. The van der Waals surface area contributed by atoms with Crippen molar-refractivity contribution in [1.29, 1.82) is 0 Å². The highest BCUT2D eigenvalue weighted by Gasteiger charge is 2.29. The van der Waals surface area contributed by atoms with E-state index in [2.05, 4.69) is 15.9 Å². The summed E-state index contributed by atoms with van der Waals surface area (Å²) in [7, 11) is 0. The van der Waals surface area contributed by atoms with Gasteiger partial charge in [0.15, 0.2) is 5.78 Å². The SMILES string of the molecule is Cc1sc(C(=O)C2COC(C)C2)cc1Br. The standard InChI is InChI=1S/C11H13BrO2S/c1-6-3-8(5-14-6)11(13)10-4-9(12)7(2)15-10/h4,6,8H,3,5H2,1-2H3. The van der Waals surface area contributed by atoms with Crippen LogP contribution in [0.4, 0.5) is 0 Å². The van der Waals surface area contributed by atoms with E-state index >= 15 is 0 Å². The molecule has 0 aromatic carbocycles. The highest BCUT2D eigenvalue weighted by atomic mass is 79.9. The normalized spacial score (nSPS) is 25.8. The maximum absolute atomic E-state index is 12.1. The number of thiophene rings is 1. The van der Waals surface area contributed by atoms with Crippen LogP contribution in [0.25, 0.3) is 0 Å². The van der Waals surface area contributed by atoms with Crippen LogP contribution in [-0.2, 0) is 4.74 Å². The summed E-state index contributed by atoms with van der Waals surface area (Å²) in [6.45, 7) is 4.61. The van der Waals surface area contributed by atoms with Crippen molar-refractivity contribution in [3.63, 3.8) is 0 Å². The van der Waals surface area contributed by atoms with E-state index in [-0.39, 0.29) is 17.8 Å². The first-order chi connectivity index (χ1) is 7.08. The molecule has 0 aliphatic carbocycles. The van der Waals surface area contributed by atoms with E-state index in [1.165, 1.54) is 0 Å². The summed E-state index contributed by atoms with van der Waals surface area (Å²) in [5, 5.41) is 0. The van der Waals surface area contributed by atoms with E-state index in [0.717, 1.165) is 20.6 Å². The molecule has 0 spiro atoms. The first-order valence-corrected chi connectivity index (χ1v) is 6.60. The quantitative estimate of drug-likeness (QED) is 0.780. The molecule has 0 saturated carbocycles. The smallest absolute Gasteiger partial charge is 0.178 e. The van der Waals surface area contributed by atoms with Gasteiger partial charge in [0.25, 0.3) is 0 Å². The van der Waals surface area contributed by atoms with Crippen molar-refractivity contribution in [2.45, 2.75) is 26.4 Å². The van der Waals surface area contributed by atoms with Gasteiger partial charge in [-0.25, -0.2) is 0 Å². The molecule has 15 heavy (non-hydrogen) atoms. The third-order valence-corrected chi connectivity index (χ3v) is 4.82. The summed E-state index contributed by atoms with van der Waals surface area (Å²) in [6, 6.07) is 1.92. The summed E-state index contributed by atoms with van der Waals surface area (Å²) >= 11 is 4.99. The minimum Gasteiger partial charge on any atom is -0.378 e. The Labute approximate surface area is 102 Å². The molecular weight excluding hydrogens is 276 g/mol. The number of ether oxygens (including phenoxy) is 1. The predicted molar refractivity (Wildman–Crippen MR) is 64.6 cm³/mol. The van der Waals surface area contributed by atoms with Crippen molar-refractivity contribution >= 4 is 33.0 Å². The number of aryl methyl sites for hydroxylation is 1. The molecule has 1 aliphatic rings. The van der Waals surface area contributed by atoms with Crippen LogP contribution in [0, 0.1) is 12.8 Å². The molecule has 0 bridgehead atoms. The Balaban J connectivity index is 2.14. The number of rotatable bonds is 2. The number of halogens is 1. The minimum absolute atomic E-state index is 0.0601. The molecule has 0 amide bonds. The minimum atomic E-state index is 0.0601. The van der Waals surface area contributed by atoms with Gasteiger partial charge in [0.1, 0.15) is 0 Å². The number of carbonyl (C=O) groups excluding carboxylic acids is 1. The Kier molecular flexibility index (Phi) is 3.28. The topological polar surface area (TPSA) is 26.3 Å². The van der Waals surface area contributed by atoms with Gasteiger partial charge < -0.3 is 4.74 Å². The molecule has 2 nitrogen and oxygen atoms in total. The van der Waals surface area contributed by atoms with Crippen LogP contribution in [0.5, 0.6) is 0 Å². The largest absolute Gasteiger partial charge is 0.378 e. The van der Waals surface area contributed by atoms with Crippen molar-refractivity contribution in [2.75, 3.05) is 6.61 Å². The van der Waals surface area contributed by atoms with Crippen LogP contribution >= 0.6 is 27.3 Å². The molecule has 2 rings (SSSR count). The lowest BCUT2D eigenvalue weighted by atomic mass is 10.0. The van der Waals surface area contributed by atoms with Gasteiger partial charge in [-0.3, -0.25) is 4.79 Å². The molecule has 1 fully saturated rings. The van der Waals surface area contributed by atoms with E-state index in [1.54, 1.807) is 11.3 Å². The predicted octanol–water partition coefficient (Wildman–Crippen LogP) is 3.43. The van der Waals surface area contributed by atoms with E-state index < -0.39 is 0 Å². The zero-order valence-corrected chi connectivity index (χ0v) is 11.2. The average Bonchev–Trinajstić information content (AvgIpc) is 2.74. The van der Waals surface area contributed by atoms with Gasteiger partial charge in [0, 0.05) is 15.3 Å². The fourth-order valence-electron chi connectivity index (χ4n) is 1.78. The van der Waals surface area contributed by atoms with Crippen molar-refractivity contribution < 1.29 is 9.53 Å². The van der Waals surface area contributed by atoms with Gasteiger partial charge in [0.05, 0.1) is 17.6 Å². The lowest BCUT2D eigenvalue weighted by molar-refractivity contribution is 0.0881. The first-order valence-electron chi connectivity index (χ1n) is 4.99. The fraction of sp³-hybridized carbons (Fsp3) is 0.545. The molecule has 1 aliphatic heterocycles. The van der Waals surface area contributed by atoms with Crippen molar-refractivity contribution in [3.05, 3.63) is 20.3 Å². The molecule has 2 atom stereocenters. The summed E-state index contributed by atoms with van der Waals surface area (Å²) in [4.78, 5) is 14.1.